The van der Waals surface area contributed by atoms with E-state index in [2.05, 4.69) is 19.7 Å². The summed E-state index contributed by atoms with van der Waals surface area (Å²) in [5, 5.41) is 6.92. The molecule has 80 valence electrons. The molecule has 0 rings (SSSR count). The second-order valence-electron chi connectivity index (χ2n) is 2.21. The fourth-order valence-corrected chi connectivity index (χ4v) is 0.629. The summed E-state index contributed by atoms with van der Waals surface area (Å²) in [5.41, 5.74) is 0. The number of hydrogen-bond acceptors (Lipinski definition) is 6. The molecule has 14 heavy (non-hydrogen) atoms. The Labute approximate surface area is 82.3 Å². The number of nitrogens with zero attached hydrogens (tertiary/aromatic N) is 2. The normalized spacial score (nSPS) is 10.1. The SMILES string of the molecule is CCOC(=O)CN=NCC(=O)OCC. The van der Waals surface area contributed by atoms with Crippen LogP contribution in [0.3, 0.4) is 0 Å². The van der Waals surface area contributed by atoms with Gasteiger partial charge in [0.25, 0.3) is 0 Å². The molecular formula is C8H14N2O4. The molecule has 0 aromatic heterocycles. The van der Waals surface area contributed by atoms with E-state index in [9.17, 15) is 9.59 Å². The summed E-state index contributed by atoms with van der Waals surface area (Å²) >= 11 is 0. The lowest BCUT2D eigenvalue weighted by atomic mass is 10.6. The van der Waals surface area contributed by atoms with Crippen molar-refractivity contribution in [2.24, 2.45) is 10.2 Å². The van der Waals surface area contributed by atoms with Gasteiger partial charge in [-0.25, -0.2) is 9.59 Å². The van der Waals surface area contributed by atoms with Crippen LogP contribution in [0, 0.1) is 0 Å². The van der Waals surface area contributed by atoms with Gasteiger partial charge in [0.15, 0.2) is 13.1 Å². The van der Waals surface area contributed by atoms with Gasteiger partial charge in [-0.3, -0.25) is 0 Å². The van der Waals surface area contributed by atoms with Crippen LogP contribution < -0.4 is 0 Å². The number of rotatable bonds is 6. The van der Waals surface area contributed by atoms with Crippen LogP contribution in [0.15, 0.2) is 10.2 Å². The molecule has 0 unspecified atom stereocenters. The van der Waals surface area contributed by atoms with E-state index in [1.54, 1.807) is 13.8 Å². The van der Waals surface area contributed by atoms with Gasteiger partial charge in [-0.05, 0) is 13.8 Å². The maximum Gasteiger partial charge on any atom is 0.329 e. The average molecular weight is 202 g/mol. The summed E-state index contributed by atoms with van der Waals surface area (Å²) < 4.78 is 9.18. The second-order valence-corrected chi connectivity index (χ2v) is 2.21. The highest BCUT2D eigenvalue weighted by molar-refractivity contribution is 5.72. The van der Waals surface area contributed by atoms with Gasteiger partial charge in [-0.1, -0.05) is 0 Å². The number of hydrogen-bond donors (Lipinski definition) is 0. The third kappa shape index (κ3) is 7.20. The van der Waals surface area contributed by atoms with E-state index in [0.717, 1.165) is 0 Å². The Morgan fingerprint density at radius 1 is 0.929 bits per heavy atom. The molecule has 6 nitrogen and oxygen atoms in total. The maximum absolute atomic E-state index is 10.7. The van der Waals surface area contributed by atoms with Crippen molar-refractivity contribution in [1.82, 2.24) is 0 Å². The molecule has 0 aromatic carbocycles. The zero-order valence-electron chi connectivity index (χ0n) is 8.36. The zero-order chi connectivity index (χ0) is 10.8. The lowest BCUT2D eigenvalue weighted by molar-refractivity contribution is -0.143. The van der Waals surface area contributed by atoms with Gasteiger partial charge in [0.2, 0.25) is 0 Å². The largest absolute Gasteiger partial charge is 0.465 e. The first-order valence-corrected chi connectivity index (χ1v) is 4.35. The molecule has 0 aliphatic heterocycles. The molecule has 6 heteroatoms. The van der Waals surface area contributed by atoms with Crippen molar-refractivity contribution >= 4 is 11.9 Å². The summed E-state index contributed by atoms with van der Waals surface area (Å²) in [6.07, 6.45) is 0. The predicted molar refractivity (Wildman–Crippen MR) is 47.9 cm³/mol. The molecule has 0 saturated heterocycles. The van der Waals surface area contributed by atoms with Gasteiger partial charge in [0.1, 0.15) is 0 Å². The van der Waals surface area contributed by atoms with Crippen LogP contribution in [0.25, 0.3) is 0 Å². The van der Waals surface area contributed by atoms with Crippen molar-refractivity contribution in [3.8, 4) is 0 Å². The molecular weight excluding hydrogens is 188 g/mol. The van der Waals surface area contributed by atoms with Crippen LogP contribution in [-0.4, -0.2) is 38.2 Å². The summed E-state index contributed by atoms with van der Waals surface area (Å²) in [5.74, 6) is -0.916. The number of esters is 2. The van der Waals surface area contributed by atoms with Crippen molar-refractivity contribution in [2.45, 2.75) is 13.8 Å². The van der Waals surface area contributed by atoms with E-state index in [1.807, 2.05) is 0 Å². The first-order chi connectivity index (χ1) is 6.70. The third-order valence-corrected chi connectivity index (χ3v) is 1.11. The highest BCUT2D eigenvalue weighted by Gasteiger charge is 2.00. The summed E-state index contributed by atoms with van der Waals surface area (Å²) in [7, 11) is 0. The lowest BCUT2D eigenvalue weighted by Crippen LogP contribution is -2.09. The molecule has 0 amide bonds. The standard InChI is InChI=1S/C8H14N2O4/c1-3-13-7(11)5-9-10-6-8(12)14-4-2/h3-6H2,1-2H3. The Morgan fingerprint density at radius 2 is 1.29 bits per heavy atom. The number of azo groups is 1. The molecule has 0 spiro atoms. The van der Waals surface area contributed by atoms with Crippen LogP contribution in [0.2, 0.25) is 0 Å². The topological polar surface area (TPSA) is 77.3 Å². The fraction of sp³-hybridized carbons (Fsp3) is 0.750. The maximum atomic E-state index is 10.7. The lowest BCUT2D eigenvalue weighted by Gasteiger charge is -1.97. The number of ether oxygens (including phenoxy) is 2. The second kappa shape index (κ2) is 8.15. The van der Waals surface area contributed by atoms with Gasteiger partial charge in [-0.15, -0.1) is 0 Å². The Morgan fingerprint density at radius 3 is 1.57 bits per heavy atom. The smallest absolute Gasteiger partial charge is 0.329 e. The number of carbonyl (C=O) groups excluding carboxylic acids is 2. The minimum atomic E-state index is -0.458. The molecule has 0 heterocycles. The van der Waals surface area contributed by atoms with Crippen LogP contribution in [-0.2, 0) is 19.1 Å². The Bertz CT molecular complexity index is 193. The quantitative estimate of drug-likeness (QED) is 0.466. The molecule has 0 saturated carbocycles. The highest BCUT2D eigenvalue weighted by atomic mass is 16.5. The van der Waals surface area contributed by atoms with Crippen LogP contribution in [0.4, 0.5) is 0 Å². The van der Waals surface area contributed by atoms with E-state index < -0.39 is 11.9 Å². The van der Waals surface area contributed by atoms with E-state index in [-0.39, 0.29) is 13.1 Å². The van der Waals surface area contributed by atoms with E-state index >= 15 is 0 Å². The van der Waals surface area contributed by atoms with Crippen molar-refractivity contribution < 1.29 is 19.1 Å². The van der Waals surface area contributed by atoms with Gasteiger partial charge in [0.05, 0.1) is 13.2 Å². The van der Waals surface area contributed by atoms with Crippen LogP contribution in [0.5, 0.6) is 0 Å². The molecule has 0 bridgehead atoms. The average Bonchev–Trinajstić information content (AvgIpc) is 2.13. The fourth-order valence-electron chi connectivity index (χ4n) is 0.629. The minimum absolute atomic E-state index is 0.159. The van der Waals surface area contributed by atoms with Gasteiger partial charge >= 0.3 is 11.9 Å². The van der Waals surface area contributed by atoms with Crippen molar-refractivity contribution in [3.05, 3.63) is 0 Å². The Hall–Kier alpha value is -1.46. The monoisotopic (exact) mass is 202 g/mol. The first kappa shape index (κ1) is 12.5. The number of carbonyl (C=O) groups is 2. The Balaban J connectivity index is 3.53. The molecule has 0 radical (unpaired) electrons. The van der Waals surface area contributed by atoms with Crippen molar-refractivity contribution in [3.63, 3.8) is 0 Å². The Kier molecular flexibility index (Phi) is 7.30. The van der Waals surface area contributed by atoms with Gasteiger partial charge in [0, 0.05) is 0 Å². The van der Waals surface area contributed by atoms with Gasteiger partial charge < -0.3 is 9.47 Å². The van der Waals surface area contributed by atoms with Crippen molar-refractivity contribution in [1.29, 1.82) is 0 Å². The summed E-state index contributed by atoms with van der Waals surface area (Å²) in [4.78, 5) is 21.4. The summed E-state index contributed by atoms with van der Waals surface area (Å²) in [6, 6.07) is 0. The molecule has 0 fully saturated rings. The van der Waals surface area contributed by atoms with Crippen LogP contribution >= 0.6 is 0 Å². The van der Waals surface area contributed by atoms with Crippen LogP contribution in [0.1, 0.15) is 13.8 Å². The molecule has 0 aliphatic rings. The molecule has 0 N–H and O–H groups in total. The highest BCUT2D eigenvalue weighted by Crippen LogP contribution is 1.84. The predicted octanol–water partition coefficient (Wildman–Crippen LogP) is 0.565. The molecule has 0 aliphatic carbocycles. The summed E-state index contributed by atoms with van der Waals surface area (Å²) in [6.45, 7) is 3.71. The van der Waals surface area contributed by atoms with Crippen molar-refractivity contribution in [2.75, 3.05) is 26.3 Å². The van der Waals surface area contributed by atoms with E-state index in [1.165, 1.54) is 0 Å². The minimum Gasteiger partial charge on any atom is -0.465 e. The van der Waals surface area contributed by atoms with Gasteiger partial charge in [-0.2, -0.15) is 10.2 Å². The molecule has 0 atom stereocenters. The van der Waals surface area contributed by atoms with E-state index in [0.29, 0.717) is 13.2 Å². The van der Waals surface area contributed by atoms with E-state index in [4.69, 9.17) is 0 Å². The third-order valence-electron chi connectivity index (χ3n) is 1.11. The zero-order valence-corrected chi connectivity index (χ0v) is 8.36. The molecule has 0 aromatic rings. The first-order valence-electron chi connectivity index (χ1n) is 4.35.